The van der Waals surface area contributed by atoms with Gasteiger partial charge in [-0.15, -0.1) is 0 Å². The van der Waals surface area contributed by atoms with Crippen molar-refractivity contribution in [1.29, 1.82) is 0 Å². The van der Waals surface area contributed by atoms with Gasteiger partial charge in [0.15, 0.2) is 0 Å². The number of aryl methyl sites for hydroxylation is 1. The molecule has 0 bridgehead atoms. The zero-order chi connectivity index (χ0) is 21.3. The minimum Gasteiger partial charge on any atom is -0.308 e. The maximum Gasteiger partial charge on any atom is 0.418 e. The number of rotatable bonds is 3. The van der Waals surface area contributed by atoms with E-state index in [2.05, 4.69) is 15.6 Å². The fourth-order valence-corrected chi connectivity index (χ4v) is 3.07. The van der Waals surface area contributed by atoms with Gasteiger partial charge in [0.25, 0.3) is 0 Å². The normalized spacial score (nSPS) is 11.5. The molecule has 0 unspecified atom stereocenters. The van der Waals surface area contributed by atoms with E-state index in [1.165, 1.54) is 18.2 Å². The smallest absolute Gasteiger partial charge is 0.308 e. The largest absolute Gasteiger partial charge is 0.418 e. The van der Waals surface area contributed by atoms with Gasteiger partial charge in [-0.25, -0.2) is 9.78 Å². The summed E-state index contributed by atoms with van der Waals surface area (Å²) in [6.45, 7) is 1.99. The van der Waals surface area contributed by atoms with Crippen molar-refractivity contribution in [2.45, 2.75) is 13.1 Å². The van der Waals surface area contributed by atoms with E-state index in [1.807, 2.05) is 35.9 Å². The molecule has 5 nitrogen and oxygen atoms in total. The van der Waals surface area contributed by atoms with Crippen molar-refractivity contribution in [2.24, 2.45) is 0 Å². The van der Waals surface area contributed by atoms with Crippen LogP contribution in [-0.2, 0) is 6.18 Å². The first kappa shape index (κ1) is 19.5. The Labute approximate surface area is 170 Å². The van der Waals surface area contributed by atoms with E-state index in [0.29, 0.717) is 5.69 Å². The first-order chi connectivity index (χ1) is 14.3. The molecular formula is C22H17F3N4O. The third-order valence-electron chi connectivity index (χ3n) is 4.53. The number of pyridine rings is 1. The molecule has 0 fully saturated rings. The Morgan fingerprint density at radius 1 is 1.00 bits per heavy atom. The molecule has 0 saturated carbocycles. The van der Waals surface area contributed by atoms with Crippen molar-refractivity contribution in [2.75, 3.05) is 10.6 Å². The number of fused-ring (bicyclic) bond motifs is 1. The number of aromatic nitrogens is 2. The van der Waals surface area contributed by atoms with Gasteiger partial charge in [0.2, 0.25) is 0 Å². The van der Waals surface area contributed by atoms with Crippen LogP contribution in [-0.4, -0.2) is 15.4 Å². The highest BCUT2D eigenvalue weighted by Gasteiger charge is 2.33. The third kappa shape index (κ3) is 4.12. The lowest BCUT2D eigenvalue weighted by Crippen LogP contribution is -2.21. The lowest BCUT2D eigenvalue weighted by Gasteiger charge is -2.14. The Balaban J connectivity index is 1.48. The molecule has 2 aromatic carbocycles. The van der Waals surface area contributed by atoms with Gasteiger partial charge >= 0.3 is 12.2 Å². The molecule has 30 heavy (non-hydrogen) atoms. The number of carbonyl (C=O) groups is 1. The Hall–Kier alpha value is -3.81. The van der Waals surface area contributed by atoms with Gasteiger partial charge in [-0.1, -0.05) is 24.3 Å². The van der Waals surface area contributed by atoms with Crippen LogP contribution in [0.1, 0.15) is 11.1 Å². The molecule has 4 aromatic rings. The first-order valence-electron chi connectivity index (χ1n) is 9.10. The summed E-state index contributed by atoms with van der Waals surface area (Å²) >= 11 is 0. The summed E-state index contributed by atoms with van der Waals surface area (Å²) in [6.07, 6.45) is -0.726. The number of hydrogen-bond donors (Lipinski definition) is 2. The topological polar surface area (TPSA) is 58.4 Å². The monoisotopic (exact) mass is 410 g/mol. The number of amides is 2. The number of nitrogens with zero attached hydrogens (tertiary/aromatic N) is 2. The number of alkyl halides is 3. The van der Waals surface area contributed by atoms with Crippen LogP contribution in [0.25, 0.3) is 16.9 Å². The molecule has 0 spiro atoms. The van der Waals surface area contributed by atoms with Gasteiger partial charge < -0.3 is 15.0 Å². The molecule has 0 atom stereocenters. The minimum absolute atomic E-state index is 0.306. The van der Waals surface area contributed by atoms with Crippen LogP contribution in [0.15, 0.2) is 73.1 Å². The van der Waals surface area contributed by atoms with Gasteiger partial charge in [-0.3, -0.25) is 0 Å². The molecule has 2 amide bonds. The minimum atomic E-state index is -4.56. The Morgan fingerprint density at radius 3 is 2.47 bits per heavy atom. The molecular weight excluding hydrogens is 393 g/mol. The second-order valence-corrected chi connectivity index (χ2v) is 6.80. The fraction of sp³-hybridized carbons (Fsp3) is 0.0909. The maximum absolute atomic E-state index is 13.1. The standard InChI is InChI=1S/C22H17F3N4O/c1-14-10-11-29-13-19(27-20(29)12-14)15-6-8-16(9-7-15)26-21(30)28-18-5-3-2-4-17(18)22(23,24)25/h2-13H,1H3,(H2,26,28,30). The summed E-state index contributed by atoms with van der Waals surface area (Å²) in [5, 5.41) is 4.79. The number of urea groups is 1. The number of carbonyl (C=O) groups excluding carboxylic acids is 1. The molecule has 0 aliphatic heterocycles. The first-order valence-corrected chi connectivity index (χ1v) is 9.10. The van der Waals surface area contributed by atoms with Gasteiger partial charge in [0.05, 0.1) is 16.9 Å². The molecule has 0 aliphatic rings. The van der Waals surface area contributed by atoms with Crippen molar-refractivity contribution in [1.82, 2.24) is 9.38 Å². The van der Waals surface area contributed by atoms with Crippen molar-refractivity contribution < 1.29 is 18.0 Å². The zero-order valence-corrected chi connectivity index (χ0v) is 15.9. The molecule has 2 N–H and O–H groups in total. The van der Waals surface area contributed by atoms with E-state index < -0.39 is 17.8 Å². The number of hydrogen-bond acceptors (Lipinski definition) is 2. The van der Waals surface area contributed by atoms with E-state index in [9.17, 15) is 18.0 Å². The number of anilines is 2. The molecule has 0 saturated heterocycles. The van der Waals surface area contributed by atoms with E-state index >= 15 is 0 Å². The van der Waals surface area contributed by atoms with E-state index in [1.54, 1.807) is 24.3 Å². The average Bonchev–Trinajstić information content (AvgIpc) is 3.11. The lowest BCUT2D eigenvalue weighted by atomic mass is 10.1. The fourth-order valence-electron chi connectivity index (χ4n) is 3.07. The Morgan fingerprint density at radius 2 is 1.73 bits per heavy atom. The van der Waals surface area contributed by atoms with Crippen LogP contribution >= 0.6 is 0 Å². The number of halogens is 3. The number of nitrogens with one attached hydrogen (secondary N) is 2. The Bertz CT molecular complexity index is 1210. The molecule has 0 radical (unpaired) electrons. The van der Waals surface area contributed by atoms with E-state index in [-0.39, 0.29) is 5.69 Å². The zero-order valence-electron chi connectivity index (χ0n) is 15.9. The summed E-state index contributed by atoms with van der Waals surface area (Å²) < 4.78 is 41.1. The Kier molecular flexibility index (Phi) is 4.91. The van der Waals surface area contributed by atoms with Crippen molar-refractivity contribution in [3.05, 3.63) is 84.2 Å². The highest BCUT2D eigenvalue weighted by molar-refractivity contribution is 6.00. The molecule has 4 rings (SSSR count). The van der Waals surface area contributed by atoms with Gasteiger partial charge in [0, 0.05) is 23.6 Å². The summed E-state index contributed by atoms with van der Waals surface area (Å²) in [5.41, 5.74) is 2.80. The van der Waals surface area contributed by atoms with Crippen LogP contribution < -0.4 is 10.6 Å². The number of imidazole rings is 1. The second-order valence-electron chi connectivity index (χ2n) is 6.80. The predicted molar refractivity (Wildman–Crippen MR) is 109 cm³/mol. The van der Waals surface area contributed by atoms with Crippen LogP contribution in [0.3, 0.4) is 0 Å². The van der Waals surface area contributed by atoms with Crippen LogP contribution in [0.5, 0.6) is 0 Å². The average molecular weight is 410 g/mol. The molecule has 8 heteroatoms. The van der Waals surface area contributed by atoms with Crippen molar-refractivity contribution >= 4 is 23.1 Å². The van der Waals surface area contributed by atoms with Gasteiger partial charge in [-0.2, -0.15) is 13.2 Å². The predicted octanol–water partition coefficient (Wildman–Crippen LogP) is 5.97. The maximum atomic E-state index is 13.1. The highest BCUT2D eigenvalue weighted by atomic mass is 19.4. The molecule has 152 valence electrons. The van der Waals surface area contributed by atoms with Crippen LogP contribution in [0.4, 0.5) is 29.3 Å². The summed E-state index contributed by atoms with van der Waals surface area (Å²) in [7, 11) is 0. The highest BCUT2D eigenvalue weighted by Crippen LogP contribution is 2.34. The summed E-state index contributed by atoms with van der Waals surface area (Å²) in [4.78, 5) is 16.7. The van der Waals surface area contributed by atoms with Crippen molar-refractivity contribution in [3.63, 3.8) is 0 Å². The van der Waals surface area contributed by atoms with Crippen LogP contribution in [0.2, 0.25) is 0 Å². The van der Waals surface area contributed by atoms with Gasteiger partial charge in [-0.05, 0) is 48.9 Å². The van der Waals surface area contributed by atoms with E-state index in [0.717, 1.165) is 28.5 Å². The molecule has 0 aliphatic carbocycles. The summed E-state index contributed by atoms with van der Waals surface area (Å²) in [5.74, 6) is 0. The third-order valence-corrected chi connectivity index (χ3v) is 4.53. The SMILES string of the molecule is Cc1ccn2cc(-c3ccc(NC(=O)Nc4ccccc4C(F)(F)F)cc3)nc2c1. The molecule has 2 heterocycles. The molecule has 2 aromatic heterocycles. The quantitative estimate of drug-likeness (QED) is 0.437. The van der Waals surface area contributed by atoms with Crippen molar-refractivity contribution in [3.8, 4) is 11.3 Å². The lowest BCUT2D eigenvalue weighted by molar-refractivity contribution is -0.136. The second kappa shape index (κ2) is 7.55. The van der Waals surface area contributed by atoms with Crippen LogP contribution in [0, 0.1) is 6.92 Å². The van der Waals surface area contributed by atoms with Gasteiger partial charge in [0.1, 0.15) is 5.65 Å². The summed E-state index contributed by atoms with van der Waals surface area (Å²) in [6, 6.07) is 14.9. The number of benzene rings is 2. The number of para-hydroxylation sites is 1. The van der Waals surface area contributed by atoms with E-state index in [4.69, 9.17) is 0 Å².